The molecule has 2 fully saturated rings. The zero-order valence-corrected chi connectivity index (χ0v) is 12.3. The first kappa shape index (κ1) is 14.3. The van der Waals surface area contributed by atoms with E-state index in [0.29, 0.717) is 12.1 Å². The lowest BCUT2D eigenvalue weighted by molar-refractivity contribution is 0.00931. The summed E-state index contributed by atoms with van der Waals surface area (Å²) in [5.74, 6) is 0.797. The highest BCUT2D eigenvalue weighted by Crippen LogP contribution is 2.17. The van der Waals surface area contributed by atoms with Crippen LogP contribution in [0.4, 0.5) is 0 Å². The van der Waals surface area contributed by atoms with Crippen molar-refractivity contribution in [2.75, 3.05) is 26.2 Å². The molecule has 2 heterocycles. The largest absolute Gasteiger partial charge is 0.378 e. The summed E-state index contributed by atoms with van der Waals surface area (Å²) in [6, 6.07) is 1.43. The summed E-state index contributed by atoms with van der Waals surface area (Å²) in [5.41, 5.74) is 0. The predicted molar refractivity (Wildman–Crippen MR) is 75.9 cm³/mol. The van der Waals surface area contributed by atoms with Crippen molar-refractivity contribution < 1.29 is 4.74 Å². The molecule has 2 rings (SSSR count). The van der Waals surface area contributed by atoms with Gasteiger partial charge in [-0.25, -0.2) is 0 Å². The summed E-state index contributed by atoms with van der Waals surface area (Å²) < 4.78 is 5.61. The van der Waals surface area contributed by atoms with E-state index in [-0.39, 0.29) is 0 Å². The van der Waals surface area contributed by atoms with Crippen LogP contribution in [0.1, 0.15) is 46.5 Å². The minimum atomic E-state index is 0.442. The Hall–Kier alpha value is -0.120. The molecule has 0 aromatic rings. The molecular formula is C15H30N2O. The van der Waals surface area contributed by atoms with Crippen LogP contribution >= 0.6 is 0 Å². The van der Waals surface area contributed by atoms with Gasteiger partial charge in [-0.2, -0.15) is 0 Å². The van der Waals surface area contributed by atoms with Crippen molar-refractivity contribution in [3.05, 3.63) is 0 Å². The fourth-order valence-corrected chi connectivity index (χ4v) is 3.28. The van der Waals surface area contributed by atoms with Crippen LogP contribution in [0.2, 0.25) is 0 Å². The maximum Gasteiger partial charge on any atom is 0.0561 e. The molecular weight excluding hydrogens is 224 g/mol. The monoisotopic (exact) mass is 254 g/mol. The molecule has 106 valence electrons. The molecule has 0 aromatic carbocycles. The molecule has 0 saturated carbocycles. The molecule has 2 aliphatic heterocycles. The predicted octanol–water partition coefficient (Wildman–Crippen LogP) is 2.26. The number of nitrogens with one attached hydrogen (secondary N) is 1. The van der Waals surface area contributed by atoms with Crippen LogP contribution in [0.15, 0.2) is 0 Å². The van der Waals surface area contributed by atoms with Gasteiger partial charge < -0.3 is 15.0 Å². The standard InChI is InChI=1S/C15H30N2O/c1-12(2)11-17-7-4-14(5-8-17)16-15-6-9-18-13(3)10-15/h12-16H,4-11H2,1-3H3. The molecule has 1 N–H and O–H groups in total. The Morgan fingerprint density at radius 1 is 1.17 bits per heavy atom. The molecule has 0 bridgehead atoms. The summed E-state index contributed by atoms with van der Waals surface area (Å²) in [6.07, 6.45) is 5.46. The van der Waals surface area contributed by atoms with Crippen LogP contribution in [0.3, 0.4) is 0 Å². The van der Waals surface area contributed by atoms with Crippen molar-refractivity contribution in [2.24, 2.45) is 5.92 Å². The van der Waals surface area contributed by atoms with Gasteiger partial charge in [0.2, 0.25) is 0 Å². The van der Waals surface area contributed by atoms with Crippen LogP contribution < -0.4 is 5.32 Å². The quantitative estimate of drug-likeness (QED) is 0.833. The van der Waals surface area contributed by atoms with Crippen molar-refractivity contribution in [2.45, 2.75) is 64.6 Å². The number of ether oxygens (including phenoxy) is 1. The second-order valence-corrected chi connectivity index (χ2v) is 6.54. The van der Waals surface area contributed by atoms with Crippen LogP contribution in [-0.4, -0.2) is 49.3 Å². The number of piperidine rings is 1. The van der Waals surface area contributed by atoms with Gasteiger partial charge in [0.1, 0.15) is 0 Å². The van der Waals surface area contributed by atoms with Gasteiger partial charge in [-0.3, -0.25) is 0 Å². The van der Waals surface area contributed by atoms with Crippen molar-refractivity contribution >= 4 is 0 Å². The number of hydrogen-bond donors (Lipinski definition) is 1. The summed E-state index contributed by atoms with van der Waals surface area (Å²) in [5, 5.41) is 3.86. The van der Waals surface area contributed by atoms with Gasteiger partial charge in [0, 0.05) is 25.2 Å². The van der Waals surface area contributed by atoms with Crippen molar-refractivity contribution in [3.8, 4) is 0 Å². The number of hydrogen-bond acceptors (Lipinski definition) is 3. The average Bonchev–Trinajstić information content (AvgIpc) is 2.31. The zero-order valence-electron chi connectivity index (χ0n) is 12.3. The SMILES string of the molecule is CC(C)CN1CCC(NC2CCOC(C)C2)CC1. The Bertz CT molecular complexity index is 237. The maximum absolute atomic E-state index is 5.61. The van der Waals surface area contributed by atoms with Crippen LogP contribution in [-0.2, 0) is 4.74 Å². The third-order valence-corrected chi connectivity index (χ3v) is 4.17. The average molecular weight is 254 g/mol. The van der Waals surface area contributed by atoms with E-state index in [1.54, 1.807) is 0 Å². The van der Waals surface area contributed by atoms with Gasteiger partial charge in [0.15, 0.2) is 0 Å². The fourth-order valence-electron chi connectivity index (χ4n) is 3.28. The van der Waals surface area contributed by atoms with E-state index >= 15 is 0 Å². The van der Waals surface area contributed by atoms with E-state index in [1.165, 1.54) is 45.3 Å². The highest BCUT2D eigenvalue weighted by Gasteiger charge is 2.25. The minimum absolute atomic E-state index is 0.442. The smallest absolute Gasteiger partial charge is 0.0561 e. The first-order valence-electron chi connectivity index (χ1n) is 7.73. The summed E-state index contributed by atoms with van der Waals surface area (Å²) in [4.78, 5) is 2.62. The molecule has 2 aliphatic rings. The maximum atomic E-state index is 5.61. The lowest BCUT2D eigenvalue weighted by Crippen LogP contribution is -2.49. The molecule has 2 unspecified atom stereocenters. The lowest BCUT2D eigenvalue weighted by Gasteiger charge is -2.37. The molecule has 0 aromatic heterocycles. The van der Waals surface area contributed by atoms with E-state index in [0.717, 1.165) is 18.6 Å². The summed E-state index contributed by atoms with van der Waals surface area (Å²) >= 11 is 0. The van der Waals surface area contributed by atoms with Gasteiger partial charge >= 0.3 is 0 Å². The molecule has 2 saturated heterocycles. The number of nitrogens with zero attached hydrogens (tertiary/aromatic N) is 1. The normalized spacial score (nSPS) is 32.0. The van der Waals surface area contributed by atoms with E-state index in [9.17, 15) is 0 Å². The second-order valence-electron chi connectivity index (χ2n) is 6.54. The van der Waals surface area contributed by atoms with Crippen LogP contribution in [0.5, 0.6) is 0 Å². The van der Waals surface area contributed by atoms with Gasteiger partial charge in [-0.05, 0) is 51.6 Å². The molecule has 3 heteroatoms. The first-order chi connectivity index (χ1) is 8.63. The topological polar surface area (TPSA) is 24.5 Å². The van der Waals surface area contributed by atoms with E-state index < -0.39 is 0 Å². The molecule has 0 amide bonds. The first-order valence-corrected chi connectivity index (χ1v) is 7.73. The molecule has 0 spiro atoms. The third-order valence-electron chi connectivity index (χ3n) is 4.17. The zero-order chi connectivity index (χ0) is 13.0. The number of likely N-dealkylation sites (tertiary alicyclic amines) is 1. The van der Waals surface area contributed by atoms with Gasteiger partial charge in [0.05, 0.1) is 6.10 Å². The van der Waals surface area contributed by atoms with Crippen LogP contribution in [0.25, 0.3) is 0 Å². The van der Waals surface area contributed by atoms with E-state index in [4.69, 9.17) is 4.74 Å². The number of rotatable bonds is 4. The third kappa shape index (κ3) is 4.52. The van der Waals surface area contributed by atoms with Gasteiger partial charge in [-0.15, -0.1) is 0 Å². The molecule has 0 radical (unpaired) electrons. The minimum Gasteiger partial charge on any atom is -0.378 e. The van der Waals surface area contributed by atoms with Crippen molar-refractivity contribution in [1.82, 2.24) is 10.2 Å². The van der Waals surface area contributed by atoms with Gasteiger partial charge in [0.25, 0.3) is 0 Å². The van der Waals surface area contributed by atoms with Gasteiger partial charge in [-0.1, -0.05) is 13.8 Å². The Labute approximate surface area is 112 Å². The van der Waals surface area contributed by atoms with Crippen LogP contribution in [0, 0.1) is 5.92 Å². The molecule has 18 heavy (non-hydrogen) atoms. The van der Waals surface area contributed by atoms with E-state index in [2.05, 4.69) is 31.0 Å². The summed E-state index contributed by atoms with van der Waals surface area (Å²) in [6.45, 7) is 11.6. The van der Waals surface area contributed by atoms with Crippen molar-refractivity contribution in [3.63, 3.8) is 0 Å². The fraction of sp³-hybridized carbons (Fsp3) is 1.00. The second kappa shape index (κ2) is 6.88. The Kier molecular flexibility index (Phi) is 5.46. The highest BCUT2D eigenvalue weighted by atomic mass is 16.5. The Balaban J connectivity index is 1.66. The Morgan fingerprint density at radius 2 is 1.89 bits per heavy atom. The molecule has 3 nitrogen and oxygen atoms in total. The summed E-state index contributed by atoms with van der Waals surface area (Å²) in [7, 11) is 0. The highest BCUT2D eigenvalue weighted by molar-refractivity contribution is 4.83. The van der Waals surface area contributed by atoms with Crippen molar-refractivity contribution in [1.29, 1.82) is 0 Å². The lowest BCUT2D eigenvalue weighted by atomic mass is 9.99. The van der Waals surface area contributed by atoms with E-state index in [1.807, 2.05) is 0 Å². The molecule has 0 aliphatic carbocycles. The Morgan fingerprint density at radius 3 is 2.50 bits per heavy atom. The molecule has 2 atom stereocenters.